The Bertz CT molecular complexity index is 732. The maximum atomic E-state index is 12.4. The fraction of sp³-hybridized carbons (Fsp3) is 0.222. The Kier molecular flexibility index (Phi) is 7.12. The Morgan fingerprint density at radius 1 is 1.00 bits per heavy atom. The fourth-order valence-electron chi connectivity index (χ4n) is 2.20. The van der Waals surface area contributed by atoms with Crippen molar-refractivity contribution in [1.29, 1.82) is 0 Å². The van der Waals surface area contributed by atoms with Crippen LogP contribution >= 0.6 is 34.8 Å². The monoisotopic (exact) mass is 399 g/mol. The van der Waals surface area contributed by atoms with Crippen LogP contribution in [0.2, 0.25) is 10.0 Å². The minimum atomic E-state index is -0.957. The summed E-state index contributed by atoms with van der Waals surface area (Å²) in [6, 6.07) is 12.6. The van der Waals surface area contributed by atoms with E-state index in [1.54, 1.807) is 48.5 Å². The number of rotatable bonds is 6. The van der Waals surface area contributed by atoms with Crippen LogP contribution in [0.4, 0.5) is 0 Å². The molecule has 2 unspecified atom stereocenters. The van der Waals surface area contributed by atoms with E-state index in [0.29, 0.717) is 22.0 Å². The number of hydrogen-bond donors (Lipinski definition) is 1. The molecule has 1 amide bonds. The van der Waals surface area contributed by atoms with E-state index in [1.165, 1.54) is 7.11 Å². The van der Waals surface area contributed by atoms with Gasteiger partial charge in [-0.2, -0.15) is 0 Å². The number of hydrogen-bond acceptors (Lipinski definition) is 3. The number of halogens is 3. The van der Waals surface area contributed by atoms with Gasteiger partial charge in [-0.15, -0.1) is 11.6 Å². The van der Waals surface area contributed by atoms with E-state index < -0.39 is 23.3 Å². The first-order valence-electron chi connectivity index (χ1n) is 7.43. The first kappa shape index (κ1) is 19.6. The molecular weight excluding hydrogens is 385 g/mol. The van der Waals surface area contributed by atoms with Gasteiger partial charge in [0, 0.05) is 10.0 Å². The van der Waals surface area contributed by atoms with Gasteiger partial charge >= 0.3 is 5.97 Å². The number of ether oxygens (including phenoxy) is 1. The molecule has 2 atom stereocenters. The number of carbonyl (C=O) groups is 2. The lowest BCUT2D eigenvalue weighted by Gasteiger charge is -2.19. The summed E-state index contributed by atoms with van der Waals surface area (Å²) in [4.78, 5) is 24.4. The molecule has 2 aromatic rings. The molecule has 132 valence electrons. The molecule has 4 nitrogen and oxygen atoms in total. The van der Waals surface area contributed by atoms with Crippen molar-refractivity contribution in [1.82, 2.24) is 5.32 Å². The van der Waals surface area contributed by atoms with Gasteiger partial charge in [-0.25, -0.2) is 4.79 Å². The summed E-state index contributed by atoms with van der Waals surface area (Å²) in [7, 11) is 1.25. The van der Waals surface area contributed by atoms with Crippen LogP contribution in [0.3, 0.4) is 0 Å². The second-order valence-electron chi connectivity index (χ2n) is 5.31. The normalized spacial score (nSPS) is 13.0. The maximum absolute atomic E-state index is 12.4. The predicted molar refractivity (Wildman–Crippen MR) is 99.1 cm³/mol. The van der Waals surface area contributed by atoms with E-state index in [4.69, 9.17) is 39.5 Å². The number of amides is 1. The molecule has 0 saturated heterocycles. The minimum absolute atomic E-state index is 0.305. The maximum Gasteiger partial charge on any atom is 0.333 e. The molecule has 2 rings (SSSR count). The third kappa shape index (κ3) is 5.63. The SMILES string of the molecule is COC(=O)C(NC(=O)C(Cl)Cc1ccc(Cl)cc1)c1ccc(Cl)cc1. The lowest BCUT2D eigenvalue weighted by molar-refractivity contribution is -0.145. The Morgan fingerprint density at radius 3 is 2.04 bits per heavy atom. The molecule has 0 aliphatic heterocycles. The lowest BCUT2D eigenvalue weighted by Crippen LogP contribution is -2.39. The van der Waals surface area contributed by atoms with Crippen LogP contribution in [0.25, 0.3) is 0 Å². The molecule has 0 spiro atoms. The number of alkyl halides is 1. The van der Waals surface area contributed by atoms with Crippen molar-refractivity contribution in [2.45, 2.75) is 17.8 Å². The van der Waals surface area contributed by atoms with Crippen molar-refractivity contribution in [3.8, 4) is 0 Å². The Hall–Kier alpha value is -1.75. The second-order valence-corrected chi connectivity index (χ2v) is 6.71. The van der Waals surface area contributed by atoms with E-state index in [1.807, 2.05) is 0 Å². The molecule has 0 aromatic heterocycles. The molecule has 0 fully saturated rings. The van der Waals surface area contributed by atoms with Gasteiger partial charge in [-0.3, -0.25) is 4.79 Å². The largest absolute Gasteiger partial charge is 0.467 e. The van der Waals surface area contributed by atoms with Gasteiger partial charge in [0.15, 0.2) is 6.04 Å². The highest BCUT2D eigenvalue weighted by Gasteiger charge is 2.26. The summed E-state index contributed by atoms with van der Waals surface area (Å²) in [6.45, 7) is 0. The summed E-state index contributed by atoms with van der Waals surface area (Å²) >= 11 is 17.9. The average molecular weight is 401 g/mol. The Morgan fingerprint density at radius 2 is 1.52 bits per heavy atom. The molecule has 0 bridgehead atoms. The number of carbonyl (C=O) groups excluding carboxylic acids is 2. The highest BCUT2D eigenvalue weighted by atomic mass is 35.5. The van der Waals surface area contributed by atoms with Gasteiger partial charge in [0.25, 0.3) is 0 Å². The van der Waals surface area contributed by atoms with Crippen LogP contribution in [0.15, 0.2) is 48.5 Å². The van der Waals surface area contributed by atoms with Crippen molar-refractivity contribution in [3.63, 3.8) is 0 Å². The van der Waals surface area contributed by atoms with Crippen LogP contribution in [-0.4, -0.2) is 24.4 Å². The van der Waals surface area contributed by atoms with Crippen molar-refractivity contribution in [2.75, 3.05) is 7.11 Å². The summed E-state index contributed by atoms with van der Waals surface area (Å²) in [5.74, 6) is -1.06. The standard InChI is InChI=1S/C18H16Cl3NO3/c1-25-18(24)16(12-4-8-14(20)9-5-12)22-17(23)15(21)10-11-2-6-13(19)7-3-11/h2-9,15-16H,10H2,1H3,(H,22,23). The highest BCUT2D eigenvalue weighted by Crippen LogP contribution is 2.19. The van der Waals surface area contributed by atoms with Gasteiger partial charge in [-0.1, -0.05) is 47.5 Å². The van der Waals surface area contributed by atoms with Gasteiger partial charge < -0.3 is 10.1 Å². The molecule has 1 N–H and O–H groups in total. The number of benzene rings is 2. The van der Waals surface area contributed by atoms with Gasteiger partial charge in [0.05, 0.1) is 7.11 Å². The number of methoxy groups -OCH3 is 1. The van der Waals surface area contributed by atoms with Crippen molar-refractivity contribution in [2.24, 2.45) is 0 Å². The molecule has 0 aliphatic rings. The number of esters is 1. The summed E-state index contributed by atoms with van der Waals surface area (Å²) in [5.41, 5.74) is 1.42. The lowest BCUT2D eigenvalue weighted by atomic mass is 10.1. The third-order valence-electron chi connectivity index (χ3n) is 3.54. The van der Waals surface area contributed by atoms with Crippen LogP contribution in [-0.2, 0) is 20.7 Å². The highest BCUT2D eigenvalue weighted by molar-refractivity contribution is 6.31. The minimum Gasteiger partial charge on any atom is -0.467 e. The van der Waals surface area contributed by atoms with E-state index in [-0.39, 0.29) is 0 Å². The van der Waals surface area contributed by atoms with Gasteiger partial charge in [0.2, 0.25) is 5.91 Å². The summed E-state index contributed by atoms with van der Waals surface area (Å²) < 4.78 is 4.76. The average Bonchev–Trinajstić information content (AvgIpc) is 2.61. The quantitative estimate of drug-likeness (QED) is 0.585. The zero-order valence-electron chi connectivity index (χ0n) is 13.3. The van der Waals surface area contributed by atoms with Crippen molar-refractivity contribution >= 4 is 46.7 Å². The van der Waals surface area contributed by atoms with Crippen LogP contribution in [0.1, 0.15) is 17.2 Å². The summed E-state index contributed by atoms with van der Waals surface area (Å²) in [5, 5.41) is 2.90. The molecule has 2 aromatic carbocycles. The Labute approximate surface area is 161 Å². The Balaban J connectivity index is 2.09. The molecule has 0 heterocycles. The molecule has 0 aliphatic carbocycles. The van der Waals surface area contributed by atoms with Gasteiger partial charge in [-0.05, 0) is 41.8 Å². The smallest absolute Gasteiger partial charge is 0.333 e. The third-order valence-corrected chi connectivity index (χ3v) is 4.40. The van der Waals surface area contributed by atoms with Crippen molar-refractivity contribution < 1.29 is 14.3 Å². The summed E-state index contributed by atoms with van der Waals surface area (Å²) in [6.07, 6.45) is 0.305. The topological polar surface area (TPSA) is 55.4 Å². The van der Waals surface area contributed by atoms with Crippen LogP contribution in [0.5, 0.6) is 0 Å². The fourth-order valence-corrected chi connectivity index (χ4v) is 2.70. The predicted octanol–water partition coefficient (Wildman–Crippen LogP) is 4.17. The first-order chi connectivity index (χ1) is 11.9. The van der Waals surface area contributed by atoms with Crippen LogP contribution in [0, 0.1) is 0 Å². The van der Waals surface area contributed by atoms with E-state index in [0.717, 1.165) is 5.56 Å². The van der Waals surface area contributed by atoms with E-state index >= 15 is 0 Å². The van der Waals surface area contributed by atoms with Gasteiger partial charge in [0.1, 0.15) is 5.38 Å². The molecule has 7 heteroatoms. The first-order valence-corrected chi connectivity index (χ1v) is 8.62. The molecule has 25 heavy (non-hydrogen) atoms. The van der Waals surface area contributed by atoms with E-state index in [2.05, 4.69) is 5.32 Å². The second kappa shape index (κ2) is 9.09. The van der Waals surface area contributed by atoms with E-state index in [9.17, 15) is 9.59 Å². The number of nitrogens with one attached hydrogen (secondary N) is 1. The zero-order valence-corrected chi connectivity index (χ0v) is 15.6. The molecule has 0 saturated carbocycles. The van der Waals surface area contributed by atoms with Crippen LogP contribution < -0.4 is 5.32 Å². The van der Waals surface area contributed by atoms with Crippen molar-refractivity contribution in [3.05, 3.63) is 69.7 Å². The molecule has 0 radical (unpaired) electrons. The zero-order chi connectivity index (χ0) is 18.4. The molecular formula is C18H16Cl3NO3.